The molecule has 0 unspecified atom stereocenters. The number of anilines is 2. The Morgan fingerprint density at radius 2 is 1.75 bits per heavy atom. The van der Waals surface area contributed by atoms with Crippen molar-refractivity contribution in [2.45, 2.75) is 48.8 Å². The third-order valence-electron chi connectivity index (χ3n) is 7.31. The van der Waals surface area contributed by atoms with Gasteiger partial charge in [0.1, 0.15) is 10.6 Å². The molecule has 1 amide bonds. The number of hydrogen-bond acceptors (Lipinski definition) is 5. The van der Waals surface area contributed by atoms with Gasteiger partial charge in [0.2, 0.25) is 0 Å². The van der Waals surface area contributed by atoms with Crippen LogP contribution in [0.2, 0.25) is 0 Å². The Kier molecular flexibility index (Phi) is 8.31. The van der Waals surface area contributed by atoms with Crippen LogP contribution in [0.4, 0.5) is 11.4 Å². The summed E-state index contributed by atoms with van der Waals surface area (Å²) in [5, 5.41) is 11.6. The highest BCUT2D eigenvalue weighted by atomic mass is 32.2. The maximum absolute atomic E-state index is 13.3. The van der Waals surface area contributed by atoms with Crippen molar-refractivity contribution in [3.8, 4) is 16.9 Å². The number of amides is 1. The molecule has 7 heteroatoms. The minimum Gasteiger partial charge on any atom is -0.504 e. The molecule has 0 saturated carbocycles. The van der Waals surface area contributed by atoms with E-state index in [2.05, 4.69) is 28.9 Å². The molecule has 0 saturated heterocycles. The van der Waals surface area contributed by atoms with E-state index in [0.717, 1.165) is 59.6 Å². The van der Waals surface area contributed by atoms with Crippen LogP contribution in [0.3, 0.4) is 0 Å². The molecule has 1 aliphatic rings. The molecular weight excluding hydrogens is 518 g/mol. The molecular formula is C33H35N3O3S. The van der Waals surface area contributed by atoms with E-state index in [1.165, 1.54) is 17.3 Å². The van der Waals surface area contributed by atoms with Gasteiger partial charge in [0.15, 0.2) is 5.75 Å². The van der Waals surface area contributed by atoms with Crippen molar-refractivity contribution in [1.29, 1.82) is 0 Å². The van der Waals surface area contributed by atoms with Gasteiger partial charge in [0, 0.05) is 42.5 Å². The highest BCUT2D eigenvalue weighted by Crippen LogP contribution is 2.44. The number of aromatic amines is 1. The van der Waals surface area contributed by atoms with Gasteiger partial charge < -0.3 is 19.9 Å². The standard InChI is InChI=1S/C33H35N3O3S/c1-4-5-15-27-29(36-21-10-12-23-11-6-9-16-28(23)36)30(37)31(32(38)34-27)40-24-19-17-22(18-20-24)25-13-7-8-14-26(25)33(39)35(2)3/h6-9,11,13-14,16-20H,4-5,10,12,15,21H2,1-3H3,(H2,34,37,38). The van der Waals surface area contributed by atoms with Crippen molar-refractivity contribution >= 4 is 29.0 Å². The number of aryl methyl sites for hydroxylation is 2. The fraction of sp³-hybridized carbons (Fsp3) is 0.273. The van der Waals surface area contributed by atoms with Crippen LogP contribution in [0.5, 0.6) is 5.75 Å². The maximum Gasteiger partial charge on any atom is 0.266 e. The fourth-order valence-electron chi connectivity index (χ4n) is 5.28. The number of pyridine rings is 1. The van der Waals surface area contributed by atoms with Gasteiger partial charge in [-0.15, -0.1) is 0 Å². The lowest BCUT2D eigenvalue weighted by atomic mass is 9.99. The van der Waals surface area contributed by atoms with Gasteiger partial charge in [0.25, 0.3) is 11.5 Å². The molecule has 5 rings (SSSR count). The second-order valence-corrected chi connectivity index (χ2v) is 11.4. The third kappa shape index (κ3) is 5.52. The van der Waals surface area contributed by atoms with Gasteiger partial charge in [-0.2, -0.15) is 0 Å². The van der Waals surface area contributed by atoms with Crippen molar-refractivity contribution < 1.29 is 9.90 Å². The number of carbonyl (C=O) groups is 1. The van der Waals surface area contributed by atoms with Gasteiger partial charge in [-0.1, -0.05) is 73.6 Å². The first kappa shape index (κ1) is 27.6. The zero-order chi connectivity index (χ0) is 28.2. The number of hydrogen-bond donors (Lipinski definition) is 2. The molecule has 206 valence electrons. The van der Waals surface area contributed by atoms with Gasteiger partial charge in [0.05, 0.1) is 0 Å². The van der Waals surface area contributed by atoms with Gasteiger partial charge in [-0.3, -0.25) is 9.59 Å². The summed E-state index contributed by atoms with van der Waals surface area (Å²) in [4.78, 5) is 34.0. The first-order valence-corrected chi connectivity index (χ1v) is 14.6. The van der Waals surface area contributed by atoms with Crippen LogP contribution in [0, 0.1) is 0 Å². The van der Waals surface area contributed by atoms with Crippen LogP contribution in [0.1, 0.15) is 47.8 Å². The Morgan fingerprint density at radius 1 is 1.02 bits per heavy atom. The van der Waals surface area contributed by atoms with Crippen LogP contribution >= 0.6 is 11.8 Å². The number of nitrogens with one attached hydrogen (secondary N) is 1. The first-order chi connectivity index (χ1) is 19.4. The van der Waals surface area contributed by atoms with E-state index in [4.69, 9.17) is 0 Å². The van der Waals surface area contributed by atoms with Crippen molar-refractivity contribution in [3.05, 3.63) is 100.0 Å². The molecule has 1 aliphatic heterocycles. The number of carbonyl (C=O) groups excluding carboxylic acids is 1. The van der Waals surface area contributed by atoms with Gasteiger partial charge >= 0.3 is 0 Å². The van der Waals surface area contributed by atoms with E-state index in [9.17, 15) is 14.7 Å². The molecule has 3 aromatic carbocycles. The molecule has 0 atom stereocenters. The number of benzene rings is 3. The molecule has 4 aromatic rings. The van der Waals surface area contributed by atoms with E-state index >= 15 is 0 Å². The molecule has 0 spiro atoms. The number of unbranched alkanes of at least 4 members (excludes halogenated alkanes) is 1. The van der Waals surface area contributed by atoms with Crippen LogP contribution in [0.15, 0.2) is 87.4 Å². The van der Waals surface area contributed by atoms with E-state index in [1.54, 1.807) is 19.0 Å². The predicted octanol–water partition coefficient (Wildman–Crippen LogP) is 7.03. The number of H-pyrrole nitrogens is 1. The van der Waals surface area contributed by atoms with Crippen molar-refractivity contribution in [1.82, 2.24) is 9.88 Å². The summed E-state index contributed by atoms with van der Waals surface area (Å²) in [6.45, 7) is 2.90. The van der Waals surface area contributed by atoms with E-state index < -0.39 is 0 Å². The Morgan fingerprint density at radius 3 is 2.50 bits per heavy atom. The Labute approximate surface area is 239 Å². The molecule has 0 aliphatic carbocycles. The van der Waals surface area contributed by atoms with E-state index in [-0.39, 0.29) is 22.1 Å². The molecule has 0 bridgehead atoms. The lowest BCUT2D eigenvalue weighted by Gasteiger charge is -2.33. The predicted molar refractivity (Wildman–Crippen MR) is 163 cm³/mol. The summed E-state index contributed by atoms with van der Waals surface area (Å²) >= 11 is 1.26. The second kappa shape index (κ2) is 12.0. The molecule has 0 fully saturated rings. The summed E-state index contributed by atoms with van der Waals surface area (Å²) in [5.41, 5.74) is 5.93. The van der Waals surface area contributed by atoms with E-state index in [1.807, 2.05) is 60.7 Å². The summed E-state index contributed by atoms with van der Waals surface area (Å²) in [7, 11) is 3.49. The number of fused-ring (bicyclic) bond motifs is 1. The number of rotatable bonds is 8. The summed E-state index contributed by atoms with van der Waals surface area (Å²) in [5.74, 6) is -0.0250. The zero-order valence-electron chi connectivity index (χ0n) is 23.2. The zero-order valence-corrected chi connectivity index (χ0v) is 24.1. The Bertz CT molecular complexity index is 1580. The van der Waals surface area contributed by atoms with Crippen LogP contribution in [-0.2, 0) is 12.8 Å². The van der Waals surface area contributed by atoms with E-state index in [0.29, 0.717) is 17.7 Å². The number of aromatic nitrogens is 1. The smallest absolute Gasteiger partial charge is 0.266 e. The highest BCUT2D eigenvalue weighted by molar-refractivity contribution is 7.99. The third-order valence-corrected chi connectivity index (χ3v) is 8.40. The molecule has 2 heterocycles. The second-order valence-electron chi connectivity index (χ2n) is 10.3. The minimum atomic E-state index is -0.284. The Balaban J connectivity index is 1.51. The minimum absolute atomic E-state index is 0.0301. The fourth-order valence-corrected chi connectivity index (χ4v) is 6.12. The highest BCUT2D eigenvalue weighted by Gasteiger charge is 2.27. The molecule has 40 heavy (non-hydrogen) atoms. The average Bonchev–Trinajstić information content (AvgIpc) is 2.98. The average molecular weight is 554 g/mol. The van der Waals surface area contributed by atoms with Crippen LogP contribution in [0.25, 0.3) is 11.1 Å². The number of para-hydroxylation sites is 1. The summed E-state index contributed by atoms with van der Waals surface area (Å²) < 4.78 is 0. The molecule has 1 aromatic heterocycles. The Hall–Kier alpha value is -3.97. The monoisotopic (exact) mass is 553 g/mol. The normalized spacial score (nSPS) is 12.7. The van der Waals surface area contributed by atoms with Gasteiger partial charge in [-0.05, 0) is 66.6 Å². The lowest BCUT2D eigenvalue weighted by Crippen LogP contribution is -2.27. The lowest BCUT2D eigenvalue weighted by molar-refractivity contribution is 0.0828. The molecule has 6 nitrogen and oxygen atoms in total. The van der Waals surface area contributed by atoms with Crippen LogP contribution in [-0.4, -0.2) is 41.5 Å². The van der Waals surface area contributed by atoms with Crippen molar-refractivity contribution in [2.75, 3.05) is 25.5 Å². The number of nitrogens with zero attached hydrogens (tertiary/aromatic N) is 2. The largest absolute Gasteiger partial charge is 0.504 e. The molecule has 2 N–H and O–H groups in total. The van der Waals surface area contributed by atoms with Crippen molar-refractivity contribution in [3.63, 3.8) is 0 Å². The van der Waals surface area contributed by atoms with Crippen molar-refractivity contribution in [2.24, 2.45) is 0 Å². The number of aromatic hydroxyl groups is 1. The maximum atomic E-state index is 13.3. The first-order valence-electron chi connectivity index (χ1n) is 13.8. The van der Waals surface area contributed by atoms with Crippen LogP contribution < -0.4 is 10.5 Å². The summed E-state index contributed by atoms with van der Waals surface area (Å²) in [6.07, 6.45) is 4.58. The SMILES string of the molecule is CCCCc1[nH]c(=O)c(Sc2ccc(-c3ccccc3C(=O)N(C)C)cc2)c(O)c1N1CCCc2ccccc21. The summed E-state index contributed by atoms with van der Waals surface area (Å²) in [6, 6.07) is 23.6. The van der Waals surface area contributed by atoms with Gasteiger partial charge in [-0.25, -0.2) is 0 Å². The molecule has 0 radical (unpaired) electrons. The quantitative estimate of drug-likeness (QED) is 0.245. The topological polar surface area (TPSA) is 76.6 Å².